The largest absolute Gasteiger partial charge is 0.290 e. The number of rotatable bonds is 4. The van der Waals surface area contributed by atoms with E-state index in [2.05, 4.69) is 47.7 Å². The molecule has 0 radical (unpaired) electrons. The fraction of sp³-hybridized carbons (Fsp3) is 0.316. The summed E-state index contributed by atoms with van der Waals surface area (Å²) in [7, 11) is 0. The third kappa shape index (κ3) is 2.84. The van der Waals surface area contributed by atoms with Gasteiger partial charge in [-0.2, -0.15) is 5.10 Å². The van der Waals surface area contributed by atoms with Crippen molar-refractivity contribution < 1.29 is 0 Å². The molecule has 0 aliphatic carbocycles. The molecule has 0 bridgehead atoms. The number of fused-ring (bicyclic) bond motifs is 1. The highest BCUT2D eigenvalue weighted by Gasteiger charge is 2.27. The van der Waals surface area contributed by atoms with Gasteiger partial charge in [0, 0.05) is 30.2 Å². The van der Waals surface area contributed by atoms with Crippen LogP contribution in [0.5, 0.6) is 0 Å². The molecular weight excluding hydrogens is 302 g/mol. The molecule has 0 spiro atoms. The maximum absolute atomic E-state index is 4.76. The topological polar surface area (TPSA) is 21.1 Å². The summed E-state index contributed by atoms with van der Waals surface area (Å²) in [5.41, 5.74) is 3.79. The molecule has 3 aromatic rings. The molecule has 4 heteroatoms. The van der Waals surface area contributed by atoms with E-state index in [-0.39, 0.29) is 0 Å². The van der Waals surface area contributed by atoms with Gasteiger partial charge in [-0.05, 0) is 48.1 Å². The van der Waals surface area contributed by atoms with Crippen molar-refractivity contribution in [1.29, 1.82) is 0 Å². The fourth-order valence-corrected chi connectivity index (χ4v) is 4.42. The van der Waals surface area contributed by atoms with Crippen molar-refractivity contribution in [3.63, 3.8) is 0 Å². The zero-order valence-corrected chi connectivity index (χ0v) is 14.2. The monoisotopic (exact) mass is 323 g/mol. The van der Waals surface area contributed by atoms with Crippen molar-refractivity contribution in [3.05, 3.63) is 70.2 Å². The Balaban J connectivity index is 1.54. The van der Waals surface area contributed by atoms with Gasteiger partial charge in [-0.15, -0.1) is 11.3 Å². The lowest BCUT2D eigenvalue weighted by molar-refractivity contribution is 0.170. The number of aromatic nitrogens is 2. The predicted molar refractivity (Wildman–Crippen MR) is 95.0 cm³/mol. The summed E-state index contributed by atoms with van der Waals surface area (Å²) in [4.78, 5) is 4.15. The Kier molecular flexibility index (Phi) is 4.02. The number of para-hydroxylation sites is 1. The molecule has 0 saturated heterocycles. The van der Waals surface area contributed by atoms with E-state index in [4.69, 9.17) is 5.10 Å². The first-order valence-electron chi connectivity index (χ1n) is 8.25. The first-order chi connectivity index (χ1) is 11.3. The maximum Gasteiger partial charge on any atom is 0.0769 e. The minimum absolute atomic E-state index is 0.534. The van der Waals surface area contributed by atoms with Gasteiger partial charge in [0.05, 0.1) is 11.4 Å². The van der Waals surface area contributed by atoms with E-state index in [1.807, 2.05) is 34.2 Å². The Morgan fingerprint density at radius 3 is 2.87 bits per heavy atom. The minimum atomic E-state index is 0.534. The van der Waals surface area contributed by atoms with Crippen molar-refractivity contribution in [2.75, 3.05) is 6.54 Å². The zero-order chi connectivity index (χ0) is 15.6. The van der Waals surface area contributed by atoms with E-state index in [0.717, 1.165) is 30.9 Å². The molecule has 0 amide bonds. The van der Waals surface area contributed by atoms with E-state index in [9.17, 15) is 0 Å². The molecule has 2 aromatic heterocycles. The number of thiophene rings is 1. The lowest BCUT2D eigenvalue weighted by atomic mass is 9.98. The molecule has 1 aliphatic heterocycles. The molecule has 1 unspecified atom stereocenters. The van der Waals surface area contributed by atoms with Crippen molar-refractivity contribution in [2.45, 2.75) is 32.4 Å². The Hall–Kier alpha value is -1.91. The highest BCUT2D eigenvalue weighted by molar-refractivity contribution is 7.10. The molecule has 1 atom stereocenters. The highest BCUT2D eigenvalue weighted by atomic mass is 32.1. The average molecular weight is 323 g/mol. The van der Waals surface area contributed by atoms with Crippen LogP contribution in [0.1, 0.15) is 35.5 Å². The van der Waals surface area contributed by atoms with Crippen LogP contribution in [0.15, 0.2) is 54.0 Å². The number of hydrogen-bond acceptors (Lipinski definition) is 3. The Bertz CT molecular complexity index is 775. The SMILES string of the molecule is CCC1c2ccsc2CCN1Cc1ccn(-c2ccccc2)n1. The summed E-state index contributed by atoms with van der Waals surface area (Å²) >= 11 is 1.91. The van der Waals surface area contributed by atoms with Crippen LogP contribution in [-0.4, -0.2) is 21.2 Å². The van der Waals surface area contributed by atoms with Gasteiger partial charge in [0.2, 0.25) is 0 Å². The second-order valence-electron chi connectivity index (χ2n) is 6.03. The summed E-state index contributed by atoms with van der Waals surface area (Å²) in [6, 6.07) is 15.3. The van der Waals surface area contributed by atoms with Gasteiger partial charge in [-0.25, -0.2) is 4.68 Å². The van der Waals surface area contributed by atoms with Crippen LogP contribution in [-0.2, 0) is 13.0 Å². The Labute approximate surface area is 141 Å². The average Bonchev–Trinajstić information content (AvgIpc) is 3.24. The van der Waals surface area contributed by atoms with E-state index >= 15 is 0 Å². The van der Waals surface area contributed by atoms with Crippen LogP contribution in [0, 0.1) is 0 Å². The van der Waals surface area contributed by atoms with Gasteiger partial charge in [0.15, 0.2) is 0 Å². The molecule has 3 heterocycles. The predicted octanol–water partition coefficient (Wildman–Crippen LogP) is 4.44. The minimum Gasteiger partial charge on any atom is -0.290 e. The van der Waals surface area contributed by atoms with Crippen LogP contribution in [0.3, 0.4) is 0 Å². The summed E-state index contributed by atoms with van der Waals surface area (Å²) < 4.78 is 1.97. The third-order valence-corrected chi connectivity index (χ3v) is 5.62. The van der Waals surface area contributed by atoms with E-state index in [0.29, 0.717) is 6.04 Å². The molecule has 118 valence electrons. The van der Waals surface area contributed by atoms with E-state index in [1.165, 1.54) is 12.0 Å². The van der Waals surface area contributed by atoms with Gasteiger partial charge in [-0.1, -0.05) is 25.1 Å². The lowest BCUT2D eigenvalue weighted by Gasteiger charge is -2.34. The first kappa shape index (κ1) is 14.7. The van der Waals surface area contributed by atoms with Crippen molar-refractivity contribution in [1.82, 2.24) is 14.7 Å². The molecule has 0 saturated carbocycles. The molecule has 0 fully saturated rings. The van der Waals surface area contributed by atoms with Crippen molar-refractivity contribution in [2.24, 2.45) is 0 Å². The normalized spacial score (nSPS) is 18.0. The number of nitrogens with zero attached hydrogens (tertiary/aromatic N) is 3. The van der Waals surface area contributed by atoms with Gasteiger partial charge in [-0.3, -0.25) is 4.90 Å². The van der Waals surface area contributed by atoms with Crippen LogP contribution in [0.2, 0.25) is 0 Å². The molecular formula is C19H21N3S. The van der Waals surface area contributed by atoms with E-state index < -0.39 is 0 Å². The van der Waals surface area contributed by atoms with Crippen molar-refractivity contribution in [3.8, 4) is 5.69 Å². The van der Waals surface area contributed by atoms with E-state index in [1.54, 1.807) is 4.88 Å². The summed E-state index contributed by atoms with van der Waals surface area (Å²) in [6.07, 6.45) is 4.39. The lowest BCUT2D eigenvalue weighted by Crippen LogP contribution is -2.34. The second-order valence-corrected chi connectivity index (χ2v) is 7.03. The quantitative estimate of drug-likeness (QED) is 0.707. The molecule has 3 nitrogen and oxygen atoms in total. The second kappa shape index (κ2) is 6.30. The summed E-state index contributed by atoms with van der Waals surface area (Å²) in [6.45, 7) is 4.34. The van der Waals surface area contributed by atoms with Gasteiger partial charge in [0.1, 0.15) is 0 Å². The molecule has 4 rings (SSSR count). The molecule has 0 N–H and O–H groups in total. The number of hydrogen-bond donors (Lipinski definition) is 0. The maximum atomic E-state index is 4.76. The van der Waals surface area contributed by atoms with Crippen LogP contribution in [0.4, 0.5) is 0 Å². The summed E-state index contributed by atoms with van der Waals surface area (Å²) in [5, 5.41) is 7.00. The molecule has 1 aliphatic rings. The van der Waals surface area contributed by atoms with Gasteiger partial charge in [0.25, 0.3) is 0 Å². The standard InChI is InChI=1S/C19H21N3S/c1-2-18-17-10-13-23-19(17)9-11-21(18)14-15-8-12-22(20-15)16-6-4-3-5-7-16/h3-8,10,12-13,18H,2,9,11,14H2,1H3. The Morgan fingerprint density at radius 1 is 1.17 bits per heavy atom. The van der Waals surface area contributed by atoms with Crippen LogP contribution < -0.4 is 0 Å². The van der Waals surface area contributed by atoms with Crippen LogP contribution in [0.25, 0.3) is 5.69 Å². The Morgan fingerprint density at radius 2 is 2.04 bits per heavy atom. The third-order valence-electron chi connectivity index (χ3n) is 4.62. The number of benzene rings is 1. The highest BCUT2D eigenvalue weighted by Crippen LogP contribution is 2.35. The van der Waals surface area contributed by atoms with Crippen LogP contribution >= 0.6 is 11.3 Å². The first-order valence-corrected chi connectivity index (χ1v) is 9.13. The smallest absolute Gasteiger partial charge is 0.0769 e. The van der Waals surface area contributed by atoms with Gasteiger partial charge >= 0.3 is 0 Å². The molecule has 1 aromatic carbocycles. The molecule has 23 heavy (non-hydrogen) atoms. The van der Waals surface area contributed by atoms with Crippen molar-refractivity contribution >= 4 is 11.3 Å². The van der Waals surface area contributed by atoms with Gasteiger partial charge < -0.3 is 0 Å². The summed E-state index contributed by atoms with van der Waals surface area (Å²) in [5.74, 6) is 0. The fourth-order valence-electron chi connectivity index (χ4n) is 3.49. The zero-order valence-electron chi connectivity index (χ0n) is 13.4.